The summed E-state index contributed by atoms with van der Waals surface area (Å²) in [6.45, 7) is 6.74. The van der Waals surface area contributed by atoms with Gasteiger partial charge in [0, 0.05) is 31.6 Å². The predicted octanol–water partition coefficient (Wildman–Crippen LogP) is 3.72. The Balaban J connectivity index is 0.00000289. The summed E-state index contributed by atoms with van der Waals surface area (Å²) in [5, 5.41) is 4.19. The number of anilines is 2. The van der Waals surface area contributed by atoms with E-state index in [1.54, 1.807) is 30.5 Å². The molecule has 0 spiro atoms. The molecule has 1 aliphatic heterocycles. The van der Waals surface area contributed by atoms with Gasteiger partial charge in [0.25, 0.3) is 10.0 Å². The van der Waals surface area contributed by atoms with Crippen molar-refractivity contribution in [2.24, 2.45) is 0 Å². The lowest BCUT2D eigenvalue weighted by Gasteiger charge is -2.26. The average Bonchev–Trinajstić information content (AvgIpc) is 3.23. The highest BCUT2D eigenvalue weighted by molar-refractivity contribution is 7.92. The van der Waals surface area contributed by atoms with Crippen molar-refractivity contribution in [3.63, 3.8) is 0 Å². The van der Waals surface area contributed by atoms with Crippen LogP contribution in [0.2, 0.25) is 0 Å². The topological polar surface area (TPSA) is 93.0 Å². The van der Waals surface area contributed by atoms with E-state index in [1.165, 1.54) is 7.11 Å². The number of benzene rings is 2. The molecule has 1 saturated heterocycles. The van der Waals surface area contributed by atoms with Crippen molar-refractivity contribution in [3.05, 3.63) is 48.2 Å². The molecule has 0 atom stereocenters. The summed E-state index contributed by atoms with van der Waals surface area (Å²) in [6.07, 6.45) is 1.60. The van der Waals surface area contributed by atoms with Crippen LogP contribution in [0.5, 0.6) is 5.75 Å². The Morgan fingerprint density at radius 3 is 2.66 bits per heavy atom. The molecule has 2 heterocycles. The highest BCUT2D eigenvalue weighted by Crippen LogP contribution is 2.32. The number of morpholine rings is 1. The molecule has 0 saturated carbocycles. The van der Waals surface area contributed by atoms with Gasteiger partial charge in [-0.15, -0.1) is 12.4 Å². The zero-order valence-corrected chi connectivity index (χ0v) is 19.7. The number of ether oxygens (including phenoxy) is 2. The first-order chi connectivity index (χ1) is 15.0. The van der Waals surface area contributed by atoms with E-state index in [2.05, 4.69) is 14.9 Å². The third kappa shape index (κ3) is 5.47. The Hall–Kier alpha value is -2.46. The molecule has 32 heavy (non-hydrogen) atoms. The number of methoxy groups -OCH3 is 1. The van der Waals surface area contributed by atoms with Crippen molar-refractivity contribution >= 4 is 44.8 Å². The van der Waals surface area contributed by atoms with Gasteiger partial charge in [0.05, 0.1) is 38.0 Å². The second kappa shape index (κ2) is 10.4. The van der Waals surface area contributed by atoms with Gasteiger partial charge in [-0.1, -0.05) is 6.07 Å². The van der Waals surface area contributed by atoms with Crippen molar-refractivity contribution in [2.45, 2.75) is 11.8 Å². The molecule has 0 radical (unpaired) electrons. The standard InChI is InChI=1S/C22H27N3O5S.ClH/c1-16-3-4-20(28-2)21(13-16)31(26,27)24-18-14-17-5-10-30-22(17)19(15-18)23-6-7-25-8-11-29-12-9-25;/h3-5,10,13-15,23-24H,6-9,11-12H2,1-2H3;1H. The fourth-order valence-corrected chi connectivity index (χ4v) is 4.95. The summed E-state index contributed by atoms with van der Waals surface area (Å²) in [6, 6.07) is 10.4. The summed E-state index contributed by atoms with van der Waals surface area (Å²) in [5.74, 6) is 0.298. The first-order valence-corrected chi connectivity index (χ1v) is 11.7. The molecule has 10 heteroatoms. The molecule has 0 unspecified atom stereocenters. The number of hydrogen-bond acceptors (Lipinski definition) is 7. The van der Waals surface area contributed by atoms with Crippen molar-refractivity contribution < 1.29 is 22.3 Å². The third-order valence-electron chi connectivity index (χ3n) is 5.26. The van der Waals surface area contributed by atoms with Gasteiger partial charge < -0.3 is 19.2 Å². The van der Waals surface area contributed by atoms with Gasteiger partial charge in [0.2, 0.25) is 0 Å². The van der Waals surface area contributed by atoms with Crippen LogP contribution in [0.4, 0.5) is 11.4 Å². The van der Waals surface area contributed by atoms with Crippen LogP contribution < -0.4 is 14.8 Å². The minimum Gasteiger partial charge on any atom is -0.495 e. The zero-order chi connectivity index (χ0) is 21.8. The molecule has 0 bridgehead atoms. The molecular formula is C22H28ClN3O5S. The van der Waals surface area contributed by atoms with Crippen LogP contribution in [0.25, 0.3) is 11.0 Å². The Labute approximate surface area is 194 Å². The molecule has 0 aliphatic carbocycles. The summed E-state index contributed by atoms with van der Waals surface area (Å²) in [4.78, 5) is 2.43. The maximum absolute atomic E-state index is 13.1. The smallest absolute Gasteiger partial charge is 0.265 e. The van der Waals surface area contributed by atoms with E-state index in [0.717, 1.165) is 49.5 Å². The molecular weight excluding hydrogens is 454 g/mol. The van der Waals surface area contributed by atoms with Gasteiger partial charge in [-0.25, -0.2) is 8.42 Å². The fourth-order valence-electron chi connectivity index (χ4n) is 3.65. The largest absolute Gasteiger partial charge is 0.495 e. The van der Waals surface area contributed by atoms with Crippen LogP contribution in [-0.2, 0) is 14.8 Å². The Bertz CT molecular complexity index is 1160. The number of furan rings is 1. The van der Waals surface area contributed by atoms with E-state index in [4.69, 9.17) is 13.9 Å². The summed E-state index contributed by atoms with van der Waals surface area (Å²) in [7, 11) is -2.38. The molecule has 174 valence electrons. The van der Waals surface area contributed by atoms with Gasteiger partial charge in [0.15, 0.2) is 5.58 Å². The SMILES string of the molecule is COc1ccc(C)cc1S(=O)(=O)Nc1cc(NCCN2CCOCC2)c2occc2c1.Cl. The molecule has 4 rings (SSSR count). The number of nitrogens with one attached hydrogen (secondary N) is 2. The van der Waals surface area contributed by atoms with Crippen LogP contribution >= 0.6 is 12.4 Å². The molecule has 1 aliphatic rings. The molecule has 0 amide bonds. The molecule has 8 nitrogen and oxygen atoms in total. The minimum absolute atomic E-state index is 0. The van der Waals surface area contributed by atoms with Crippen LogP contribution in [-0.4, -0.2) is 59.8 Å². The summed E-state index contributed by atoms with van der Waals surface area (Å²) >= 11 is 0. The number of sulfonamides is 1. The van der Waals surface area contributed by atoms with Gasteiger partial charge in [-0.2, -0.15) is 0 Å². The van der Waals surface area contributed by atoms with Gasteiger partial charge >= 0.3 is 0 Å². The molecule has 2 N–H and O–H groups in total. The van der Waals surface area contributed by atoms with Gasteiger partial charge in [-0.05, 0) is 42.8 Å². The lowest BCUT2D eigenvalue weighted by atomic mass is 10.2. The van der Waals surface area contributed by atoms with Gasteiger partial charge in [0.1, 0.15) is 10.6 Å². The Morgan fingerprint density at radius 1 is 1.12 bits per heavy atom. The Morgan fingerprint density at radius 2 is 1.91 bits per heavy atom. The molecule has 1 fully saturated rings. The third-order valence-corrected chi connectivity index (χ3v) is 6.66. The second-order valence-electron chi connectivity index (χ2n) is 7.50. The van der Waals surface area contributed by atoms with Crippen molar-refractivity contribution in [1.82, 2.24) is 4.90 Å². The predicted molar refractivity (Wildman–Crippen MR) is 128 cm³/mol. The molecule has 2 aromatic carbocycles. The number of aryl methyl sites for hydroxylation is 1. The number of hydrogen-bond donors (Lipinski definition) is 2. The van der Waals surface area contributed by atoms with Crippen molar-refractivity contribution in [1.29, 1.82) is 0 Å². The van der Waals surface area contributed by atoms with E-state index in [0.29, 0.717) is 23.6 Å². The Kier molecular flexibility index (Phi) is 7.89. The fraction of sp³-hybridized carbons (Fsp3) is 0.364. The van der Waals surface area contributed by atoms with Crippen LogP contribution in [0.15, 0.2) is 52.0 Å². The van der Waals surface area contributed by atoms with Crippen LogP contribution in [0, 0.1) is 6.92 Å². The highest BCUT2D eigenvalue weighted by Gasteiger charge is 2.21. The van der Waals surface area contributed by atoms with Gasteiger partial charge in [-0.3, -0.25) is 9.62 Å². The zero-order valence-electron chi connectivity index (χ0n) is 18.1. The average molecular weight is 482 g/mol. The number of halogens is 1. The molecule has 3 aromatic rings. The van der Waals surface area contributed by atoms with E-state index in [-0.39, 0.29) is 17.3 Å². The van der Waals surface area contributed by atoms with Crippen LogP contribution in [0.3, 0.4) is 0 Å². The minimum atomic E-state index is -3.84. The van der Waals surface area contributed by atoms with E-state index < -0.39 is 10.0 Å². The maximum Gasteiger partial charge on any atom is 0.265 e. The maximum atomic E-state index is 13.1. The normalized spacial score (nSPS) is 14.7. The lowest BCUT2D eigenvalue weighted by molar-refractivity contribution is 0.0398. The van der Waals surface area contributed by atoms with Crippen molar-refractivity contribution in [3.8, 4) is 5.75 Å². The monoisotopic (exact) mass is 481 g/mol. The summed E-state index contributed by atoms with van der Waals surface area (Å²) < 4.78 is 45.1. The van der Waals surface area contributed by atoms with E-state index in [9.17, 15) is 8.42 Å². The quantitative estimate of drug-likeness (QED) is 0.506. The second-order valence-corrected chi connectivity index (χ2v) is 9.15. The van der Waals surface area contributed by atoms with E-state index in [1.807, 2.05) is 19.1 Å². The molecule has 1 aromatic heterocycles. The van der Waals surface area contributed by atoms with Crippen molar-refractivity contribution in [2.75, 3.05) is 56.5 Å². The highest BCUT2D eigenvalue weighted by atomic mass is 35.5. The number of rotatable bonds is 8. The first kappa shape index (κ1) is 24.2. The van der Waals surface area contributed by atoms with Crippen LogP contribution in [0.1, 0.15) is 5.56 Å². The van der Waals surface area contributed by atoms with E-state index >= 15 is 0 Å². The lowest BCUT2D eigenvalue weighted by Crippen LogP contribution is -2.39. The number of fused-ring (bicyclic) bond motifs is 1. The first-order valence-electron chi connectivity index (χ1n) is 10.2. The number of nitrogens with zero attached hydrogens (tertiary/aromatic N) is 1. The summed E-state index contributed by atoms with van der Waals surface area (Å²) in [5.41, 5.74) is 2.71.